The number of aromatic amines is 1. The molecule has 0 spiro atoms. The van der Waals surface area contributed by atoms with Gasteiger partial charge in [-0.3, -0.25) is 15.0 Å². The van der Waals surface area contributed by atoms with E-state index in [1.807, 2.05) is 6.92 Å². The zero-order chi connectivity index (χ0) is 20.8. The number of hydrogen-bond acceptors (Lipinski definition) is 6. The molecule has 2 aromatic heterocycles. The number of tetrazole rings is 1. The molecule has 10 nitrogen and oxygen atoms in total. The Labute approximate surface area is 168 Å². The third kappa shape index (κ3) is 2.79. The Morgan fingerprint density at radius 1 is 1.17 bits per heavy atom. The summed E-state index contributed by atoms with van der Waals surface area (Å²) in [6.07, 6.45) is 1.54. The highest BCUT2D eigenvalue weighted by Crippen LogP contribution is 2.34. The number of carbonyl (C=O) groups excluding carboxylic acids is 2. The number of aryl methyl sites for hydroxylation is 1. The molecule has 2 aromatic carbocycles. The van der Waals surface area contributed by atoms with Gasteiger partial charge < -0.3 is 4.98 Å². The maximum absolute atomic E-state index is 14.9. The van der Waals surface area contributed by atoms with Crippen molar-refractivity contribution in [2.45, 2.75) is 19.5 Å². The number of benzene rings is 2. The van der Waals surface area contributed by atoms with Gasteiger partial charge in [0.15, 0.2) is 0 Å². The first-order valence-corrected chi connectivity index (χ1v) is 9.20. The molecule has 1 unspecified atom stereocenters. The van der Waals surface area contributed by atoms with E-state index in [9.17, 15) is 14.0 Å². The summed E-state index contributed by atoms with van der Waals surface area (Å²) < 4.78 is 14.9. The molecule has 1 atom stereocenters. The number of aromatic nitrogens is 6. The van der Waals surface area contributed by atoms with Gasteiger partial charge in [0.25, 0.3) is 5.91 Å². The summed E-state index contributed by atoms with van der Waals surface area (Å²) in [6.45, 7) is 2.35. The Hall–Kier alpha value is -4.15. The van der Waals surface area contributed by atoms with Crippen LogP contribution in [0.5, 0.6) is 0 Å². The fourth-order valence-corrected chi connectivity index (χ4v) is 3.48. The number of anilines is 1. The van der Waals surface area contributed by atoms with E-state index in [4.69, 9.17) is 0 Å². The number of fused-ring (bicyclic) bond motifs is 1. The lowest BCUT2D eigenvalue weighted by Crippen LogP contribution is -2.29. The summed E-state index contributed by atoms with van der Waals surface area (Å²) in [5.41, 5.74) is 2.41. The van der Waals surface area contributed by atoms with Crippen LogP contribution in [0.1, 0.15) is 18.5 Å². The third-order valence-electron chi connectivity index (χ3n) is 4.92. The van der Waals surface area contributed by atoms with Crippen molar-refractivity contribution in [3.05, 3.63) is 54.1 Å². The van der Waals surface area contributed by atoms with E-state index in [0.29, 0.717) is 23.3 Å². The van der Waals surface area contributed by atoms with Gasteiger partial charge in [0.2, 0.25) is 5.82 Å². The average Bonchev–Trinajstić information content (AvgIpc) is 3.45. The van der Waals surface area contributed by atoms with Crippen LogP contribution in [0.4, 0.5) is 14.9 Å². The van der Waals surface area contributed by atoms with Crippen LogP contribution in [0, 0.1) is 5.82 Å². The first kappa shape index (κ1) is 17.9. The van der Waals surface area contributed by atoms with Crippen LogP contribution in [-0.2, 0) is 11.3 Å². The van der Waals surface area contributed by atoms with Crippen molar-refractivity contribution in [1.29, 1.82) is 0 Å². The molecule has 0 aliphatic carbocycles. The van der Waals surface area contributed by atoms with Crippen LogP contribution >= 0.6 is 0 Å². The van der Waals surface area contributed by atoms with E-state index in [0.717, 1.165) is 5.52 Å². The molecule has 4 aromatic rings. The van der Waals surface area contributed by atoms with Crippen molar-refractivity contribution in [1.82, 2.24) is 35.5 Å². The van der Waals surface area contributed by atoms with Crippen LogP contribution < -0.4 is 10.2 Å². The molecule has 0 saturated carbocycles. The van der Waals surface area contributed by atoms with Crippen LogP contribution in [-0.4, -0.2) is 42.1 Å². The van der Waals surface area contributed by atoms with Crippen LogP contribution in [0.25, 0.3) is 22.4 Å². The molecule has 11 heteroatoms. The molecule has 5 rings (SSSR count). The quantitative estimate of drug-likeness (QED) is 0.501. The predicted molar refractivity (Wildman–Crippen MR) is 104 cm³/mol. The smallest absolute Gasteiger partial charge is 0.329 e. The van der Waals surface area contributed by atoms with Gasteiger partial charge in [0.05, 0.1) is 29.5 Å². The predicted octanol–water partition coefficient (Wildman–Crippen LogP) is 2.17. The summed E-state index contributed by atoms with van der Waals surface area (Å²) in [4.78, 5) is 34.8. The number of nitrogens with zero attached hydrogens (tertiary/aromatic N) is 6. The Morgan fingerprint density at radius 3 is 2.80 bits per heavy atom. The van der Waals surface area contributed by atoms with Crippen LogP contribution in [0.15, 0.2) is 42.7 Å². The van der Waals surface area contributed by atoms with E-state index in [1.54, 1.807) is 24.3 Å². The van der Waals surface area contributed by atoms with Crippen LogP contribution in [0.3, 0.4) is 0 Å². The molecule has 3 amide bonds. The van der Waals surface area contributed by atoms with Gasteiger partial charge in [-0.05, 0) is 48.0 Å². The fraction of sp³-hybridized carbons (Fsp3) is 0.158. The van der Waals surface area contributed by atoms with E-state index in [1.165, 1.54) is 28.2 Å². The molecule has 1 saturated heterocycles. The number of amides is 3. The molecule has 0 bridgehead atoms. The normalized spacial score (nSPS) is 16.5. The van der Waals surface area contributed by atoms with Crippen molar-refractivity contribution >= 4 is 28.7 Å². The molecule has 2 N–H and O–H groups in total. The number of carbonyl (C=O) groups is 2. The molecule has 30 heavy (non-hydrogen) atoms. The van der Waals surface area contributed by atoms with Crippen molar-refractivity contribution in [2.75, 3.05) is 4.90 Å². The third-order valence-corrected chi connectivity index (χ3v) is 4.92. The number of rotatable bonds is 4. The summed E-state index contributed by atoms with van der Waals surface area (Å²) >= 11 is 0. The number of halogens is 1. The van der Waals surface area contributed by atoms with Crippen molar-refractivity contribution in [3.63, 3.8) is 0 Å². The lowest BCUT2D eigenvalue weighted by molar-refractivity contribution is -0.119. The Bertz CT molecular complexity index is 1300. The summed E-state index contributed by atoms with van der Waals surface area (Å²) in [5.74, 6) is -0.999. The minimum Gasteiger partial charge on any atom is -0.345 e. The minimum absolute atomic E-state index is 0.148. The van der Waals surface area contributed by atoms with Crippen LogP contribution in [0.2, 0.25) is 0 Å². The second kappa shape index (κ2) is 6.72. The molecular formula is C19H15FN8O2. The fourth-order valence-electron chi connectivity index (χ4n) is 3.48. The number of urea groups is 1. The number of nitrogens with one attached hydrogen (secondary N) is 2. The Balaban J connectivity index is 1.54. The molecule has 1 fully saturated rings. The number of imide groups is 1. The van der Waals surface area contributed by atoms with Gasteiger partial charge in [-0.2, -0.15) is 4.80 Å². The standard InChI is InChI=1S/C19H15FN8O2/c1-2-27-25-17(24-26-27)12-5-3-10(7-13(12)20)16-18(29)23-19(30)28(16)11-4-6-14-15(8-11)22-9-21-14/h3-9,16H,2H2,1H3,(H,21,22)(H,23,29,30). The average molecular weight is 406 g/mol. The topological polar surface area (TPSA) is 122 Å². The van der Waals surface area contributed by atoms with Crippen molar-refractivity contribution in [2.24, 2.45) is 0 Å². The van der Waals surface area contributed by atoms with Gasteiger partial charge in [-0.1, -0.05) is 6.07 Å². The molecule has 3 heterocycles. The largest absolute Gasteiger partial charge is 0.345 e. The lowest BCUT2D eigenvalue weighted by atomic mass is 10.0. The Morgan fingerprint density at radius 2 is 2.03 bits per heavy atom. The number of imidazole rings is 1. The molecule has 1 aliphatic heterocycles. The minimum atomic E-state index is -1.01. The highest BCUT2D eigenvalue weighted by atomic mass is 19.1. The van der Waals surface area contributed by atoms with Gasteiger partial charge in [0, 0.05) is 5.69 Å². The zero-order valence-corrected chi connectivity index (χ0v) is 15.7. The molecule has 150 valence electrons. The first-order chi connectivity index (χ1) is 14.5. The number of hydrogen-bond donors (Lipinski definition) is 2. The van der Waals surface area contributed by atoms with Gasteiger partial charge in [-0.25, -0.2) is 14.2 Å². The van der Waals surface area contributed by atoms with Gasteiger partial charge in [0.1, 0.15) is 11.9 Å². The first-order valence-electron chi connectivity index (χ1n) is 9.20. The van der Waals surface area contributed by atoms with E-state index >= 15 is 0 Å². The molecular weight excluding hydrogens is 391 g/mol. The highest BCUT2D eigenvalue weighted by Gasteiger charge is 2.41. The van der Waals surface area contributed by atoms with E-state index in [2.05, 4.69) is 30.7 Å². The molecule has 1 aliphatic rings. The highest BCUT2D eigenvalue weighted by molar-refractivity contribution is 6.15. The van der Waals surface area contributed by atoms with E-state index in [-0.39, 0.29) is 11.4 Å². The summed E-state index contributed by atoms with van der Waals surface area (Å²) in [6, 6.07) is 7.82. The Kier molecular flexibility index (Phi) is 4.02. The van der Waals surface area contributed by atoms with Crippen molar-refractivity contribution in [3.8, 4) is 11.4 Å². The zero-order valence-electron chi connectivity index (χ0n) is 15.7. The number of H-pyrrole nitrogens is 1. The molecule has 0 radical (unpaired) electrons. The SMILES string of the molecule is CCn1nnc(-c2ccc(C3C(=O)NC(=O)N3c3ccc4nc[nH]c4c3)cc2F)n1. The second-order valence-electron chi connectivity index (χ2n) is 6.71. The monoisotopic (exact) mass is 406 g/mol. The maximum Gasteiger partial charge on any atom is 0.329 e. The maximum atomic E-state index is 14.9. The van der Waals surface area contributed by atoms with Gasteiger partial charge >= 0.3 is 6.03 Å². The lowest BCUT2D eigenvalue weighted by Gasteiger charge is -2.22. The van der Waals surface area contributed by atoms with Gasteiger partial charge in [-0.15, -0.1) is 10.2 Å². The van der Waals surface area contributed by atoms with Crippen molar-refractivity contribution < 1.29 is 14.0 Å². The van der Waals surface area contributed by atoms with E-state index < -0.39 is 23.8 Å². The summed E-state index contributed by atoms with van der Waals surface area (Å²) in [5, 5.41) is 14.1. The second-order valence-corrected chi connectivity index (χ2v) is 6.71. The summed E-state index contributed by atoms with van der Waals surface area (Å²) in [7, 11) is 0.